The number of nitrogens with one attached hydrogen (secondary N) is 1. The van der Waals surface area contributed by atoms with Crippen LogP contribution in [0.1, 0.15) is 6.92 Å². The lowest BCUT2D eigenvalue weighted by molar-refractivity contribution is 0.0986. The molecule has 0 aromatic carbocycles. The number of rotatable bonds is 5. The van der Waals surface area contributed by atoms with Crippen molar-refractivity contribution in [2.24, 2.45) is 0 Å². The minimum Gasteiger partial charge on any atom is -0.394 e. The van der Waals surface area contributed by atoms with Crippen LogP contribution in [0.15, 0.2) is 42.9 Å². The average Bonchev–Trinajstić information content (AvgIpc) is 3.46. The van der Waals surface area contributed by atoms with Crippen LogP contribution in [0.2, 0.25) is 0 Å². The van der Waals surface area contributed by atoms with Crippen molar-refractivity contribution in [3.63, 3.8) is 0 Å². The van der Waals surface area contributed by atoms with Crippen molar-refractivity contribution in [2.75, 3.05) is 31.3 Å². The number of ether oxygens (including phenoxy) is 1. The highest BCUT2D eigenvalue weighted by molar-refractivity contribution is 6.00. The Morgan fingerprint density at radius 2 is 2.20 bits per heavy atom. The summed E-state index contributed by atoms with van der Waals surface area (Å²) in [5.41, 5.74) is 4.18. The quantitative estimate of drug-likeness (QED) is 0.524. The molecule has 1 aliphatic heterocycles. The van der Waals surface area contributed by atoms with Gasteiger partial charge in [-0.15, -0.1) is 0 Å². The molecule has 2 N–H and O–H groups in total. The summed E-state index contributed by atoms with van der Waals surface area (Å²) in [6, 6.07) is 8.13. The Bertz CT molecular complexity index is 1160. The van der Waals surface area contributed by atoms with Crippen LogP contribution in [0.5, 0.6) is 0 Å². The number of aromatic amines is 1. The molecule has 30 heavy (non-hydrogen) atoms. The summed E-state index contributed by atoms with van der Waals surface area (Å²) < 4.78 is 7.36. The van der Waals surface area contributed by atoms with Crippen molar-refractivity contribution in [1.29, 1.82) is 0 Å². The molecule has 9 heteroatoms. The van der Waals surface area contributed by atoms with Gasteiger partial charge < -0.3 is 14.7 Å². The second-order valence-corrected chi connectivity index (χ2v) is 7.36. The fraction of sp³-hybridized carbons (Fsp3) is 0.333. The number of aliphatic hydroxyl groups excluding tert-OH is 1. The summed E-state index contributed by atoms with van der Waals surface area (Å²) in [5, 5.41) is 22.0. The number of pyridine rings is 2. The SMILES string of the molecule is C[C@@H]1COCCN1c1cc(-c2ccn(CCO)n2)c2ccnc(-c3ccn[nH]3)c2n1. The van der Waals surface area contributed by atoms with E-state index in [0.29, 0.717) is 19.8 Å². The number of fused-ring (bicyclic) bond motifs is 1. The smallest absolute Gasteiger partial charge is 0.130 e. The fourth-order valence-corrected chi connectivity index (χ4v) is 3.88. The lowest BCUT2D eigenvalue weighted by Crippen LogP contribution is -2.44. The van der Waals surface area contributed by atoms with Gasteiger partial charge in [0.2, 0.25) is 0 Å². The number of aliphatic hydroxyl groups is 1. The third-order valence-electron chi connectivity index (χ3n) is 5.38. The van der Waals surface area contributed by atoms with E-state index in [4.69, 9.17) is 9.72 Å². The molecule has 0 saturated carbocycles. The number of hydrogen-bond acceptors (Lipinski definition) is 7. The maximum absolute atomic E-state index is 9.25. The Hall–Kier alpha value is -3.30. The maximum atomic E-state index is 9.25. The predicted molar refractivity (Wildman–Crippen MR) is 113 cm³/mol. The van der Waals surface area contributed by atoms with Gasteiger partial charge in [0.1, 0.15) is 17.0 Å². The molecule has 1 saturated heterocycles. The maximum Gasteiger partial charge on any atom is 0.130 e. The number of morpholine rings is 1. The van der Waals surface area contributed by atoms with E-state index < -0.39 is 0 Å². The molecule has 5 rings (SSSR count). The highest BCUT2D eigenvalue weighted by Crippen LogP contribution is 2.34. The molecule has 0 bridgehead atoms. The molecule has 5 heterocycles. The molecule has 4 aromatic heterocycles. The molecule has 0 aliphatic carbocycles. The van der Waals surface area contributed by atoms with Crippen molar-refractivity contribution in [2.45, 2.75) is 19.5 Å². The molecule has 1 fully saturated rings. The fourth-order valence-electron chi connectivity index (χ4n) is 3.88. The number of aromatic nitrogens is 6. The summed E-state index contributed by atoms with van der Waals surface area (Å²) in [6.07, 6.45) is 5.37. The molecule has 154 valence electrons. The van der Waals surface area contributed by atoms with Gasteiger partial charge in [-0.05, 0) is 31.2 Å². The molecule has 1 atom stereocenters. The zero-order valence-corrected chi connectivity index (χ0v) is 16.7. The summed E-state index contributed by atoms with van der Waals surface area (Å²) >= 11 is 0. The van der Waals surface area contributed by atoms with E-state index in [0.717, 1.165) is 45.9 Å². The van der Waals surface area contributed by atoms with Crippen LogP contribution >= 0.6 is 0 Å². The standard InChI is InChI=1S/C21H23N7O2/c1-14-13-30-11-9-28(14)19-12-16(17-4-7-27(26-17)8-10-29)15-2-5-22-21(20(15)24-19)18-3-6-23-25-18/h2-7,12,14,29H,8-11,13H2,1H3,(H,23,25)/t14-/m1/s1. The summed E-state index contributed by atoms with van der Waals surface area (Å²) in [6.45, 7) is 4.75. The number of hydrogen-bond donors (Lipinski definition) is 2. The lowest BCUT2D eigenvalue weighted by atomic mass is 10.0. The number of anilines is 1. The first-order valence-corrected chi connectivity index (χ1v) is 10.0. The molecular weight excluding hydrogens is 382 g/mol. The van der Waals surface area contributed by atoms with Gasteiger partial charge in [0.15, 0.2) is 0 Å². The van der Waals surface area contributed by atoms with Crippen LogP contribution in [0.25, 0.3) is 33.5 Å². The minimum absolute atomic E-state index is 0.0443. The summed E-state index contributed by atoms with van der Waals surface area (Å²) in [4.78, 5) is 11.9. The van der Waals surface area contributed by atoms with Crippen molar-refractivity contribution in [3.8, 4) is 22.6 Å². The van der Waals surface area contributed by atoms with E-state index in [-0.39, 0.29) is 12.6 Å². The zero-order chi connectivity index (χ0) is 20.5. The first kappa shape index (κ1) is 18.7. The number of H-pyrrole nitrogens is 1. The van der Waals surface area contributed by atoms with E-state index in [1.54, 1.807) is 17.1 Å². The Kier molecular flexibility index (Phi) is 4.89. The number of nitrogens with zero attached hydrogens (tertiary/aromatic N) is 6. The molecule has 0 spiro atoms. The first-order valence-electron chi connectivity index (χ1n) is 10.0. The van der Waals surface area contributed by atoms with Gasteiger partial charge in [-0.2, -0.15) is 10.2 Å². The topological polar surface area (TPSA) is 105 Å². The largest absolute Gasteiger partial charge is 0.394 e. The van der Waals surface area contributed by atoms with Gasteiger partial charge in [-0.1, -0.05) is 0 Å². The van der Waals surface area contributed by atoms with Gasteiger partial charge >= 0.3 is 0 Å². The lowest BCUT2D eigenvalue weighted by Gasteiger charge is -2.34. The van der Waals surface area contributed by atoms with E-state index >= 15 is 0 Å². The van der Waals surface area contributed by atoms with Gasteiger partial charge in [0.05, 0.1) is 43.8 Å². The normalized spacial score (nSPS) is 17.0. The highest BCUT2D eigenvalue weighted by atomic mass is 16.5. The Morgan fingerprint density at radius 1 is 1.27 bits per heavy atom. The average molecular weight is 405 g/mol. The molecular formula is C21H23N7O2. The zero-order valence-electron chi connectivity index (χ0n) is 16.7. The summed E-state index contributed by atoms with van der Waals surface area (Å²) in [5.74, 6) is 0.874. The Morgan fingerprint density at radius 3 is 3.00 bits per heavy atom. The Labute approximate surface area is 173 Å². The molecule has 9 nitrogen and oxygen atoms in total. The van der Waals surface area contributed by atoms with Crippen LogP contribution in [-0.4, -0.2) is 67.5 Å². The summed E-state index contributed by atoms with van der Waals surface area (Å²) in [7, 11) is 0. The van der Waals surface area contributed by atoms with E-state index in [1.165, 1.54) is 0 Å². The van der Waals surface area contributed by atoms with E-state index in [9.17, 15) is 5.11 Å². The van der Waals surface area contributed by atoms with Gasteiger partial charge in [-0.3, -0.25) is 14.8 Å². The highest BCUT2D eigenvalue weighted by Gasteiger charge is 2.23. The second-order valence-electron chi connectivity index (χ2n) is 7.36. The van der Waals surface area contributed by atoms with Crippen molar-refractivity contribution in [1.82, 2.24) is 29.9 Å². The molecule has 4 aromatic rings. The van der Waals surface area contributed by atoms with Gasteiger partial charge in [0.25, 0.3) is 0 Å². The molecule has 1 aliphatic rings. The Balaban J connectivity index is 1.73. The predicted octanol–water partition coefficient (Wildman–Crippen LogP) is 2.10. The molecule has 0 amide bonds. The van der Waals surface area contributed by atoms with Crippen LogP contribution in [-0.2, 0) is 11.3 Å². The monoisotopic (exact) mass is 405 g/mol. The second kappa shape index (κ2) is 7.85. The van der Waals surface area contributed by atoms with E-state index in [1.807, 2.05) is 24.4 Å². The van der Waals surface area contributed by atoms with Crippen molar-refractivity contribution >= 4 is 16.7 Å². The van der Waals surface area contributed by atoms with Crippen LogP contribution in [0, 0.1) is 0 Å². The minimum atomic E-state index is 0.0443. The first-order chi connectivity index (χ1) is 14.7. The van der Waals surface area contributed by atoms with Crippen LogP contribution < -0.4 is 4.90 Å². The third kappa shape index (κ3) is 3.31. The van der Waals surface area contributed by atoms with Crippen LogP contribution in [0.4, 0.5) is 5.82 Å². The van der Waals surface area contributed by atoms with E-state index in [2.05, 4.69) is 38.2 Å². The third-order valence-corrected chi connectivity index (χ3v) is 5.38. The van der Waals surface area contributed by atoms with Crippen molar-refractivity contribution < 1.29 is 9.84 Å². The van der Waals surface area contributed by atoms with Crippen molar-refractivity contribution in [3.05, 3.63) is 42.9 Å². The van der Waals surface area contributed by atoms with Gasteiger partial charge in [0, 0.05) is 36.1 Å². The molecule has 0 unspecified atom stereocenters. The van der Waals surface area contributed by atoms with Gasteiger partial charge in [-0.25, -0.2) is 4.98 Å². The molecule has 0 radical (unpaired) electrons. The van der Waals surface area contributed by atoms with Crippen LogP contribution in [0.3, 0.4) is 0 Å².